The largest absolute Gasteiger partial charge is 0.198 e. The van der Waals surface area contributed by atoms with E-state index < -0.39 is 0 Å². The first-order chi connectivity index (χ1) is 3.83. The summed E-state index contributed by atoms with van der Waals surface area (Å²) in [6, 6.07) is 2.26. The van der Waals surface area contributed by atoms with Gasteiger partial charge in [-0.05, 0) is 19.3 Å². The summed E-state index contributed by atoms with van der Waals surface area (Å²) in [6.45, 7) is 0. The Morgan fingerprint density at radius 2 is 2.25 bits per heavy atom. The fourth-order valence-corrected chi connectivity index (χ4v) is 1.76. The van der Waals surface area contributed by atoms with Crippen LogP contribution in [0.2, 0.25) is 0 Å². The van der Waals surface area contributed by atoms with E-state index in [2.05, 4.69) is 22.0 Å². The SMILES string of the molecule is N#C[C@H]1CC[C@@H](Br)C1. The molecule has 1 nitrogen and oxygen atoms in total. The smallest absolute Gasteiger partial charge is 0.0656 e. The maximum atomic E-state index is 8.41. The molecule has 0 aromatic heterocycles. The molecule has 0 saturated heterocycles. The Morgan fingerprint density at radius 1 is 1.50 bits per heavy atom. The molecule has 0 bridgehead atoms. The Balaban J connectivity index is 2.35. The minimum absolute atomic E-state index is 0.333. The second-order valence-electron chi connectivity index (χ2n) is 2.24. The first kappa shape index (κ1) is 6.10. The van der Waals surface area contributed by atoms with Gasteiger partial charge in [0.1, 0.15) is 0 Å². The van der Waals surface area contributed by atoms with Gasteiger partial charge < -0.3 is 0 Å². The van der Waals surface area contributed by atoms with E-state index in [1.165, 1.54) is 6.42 Å². The van der Waals surface area contributed by atoms with Gasteiger partial charge >= 0.3 is 0 Å². The normalized spacial score (nSPS) is 37.0. The molecule has 0 heterocycles. The van der Waals surface area contributed by atoms with Gasteiger partial charge in [-0.3, -0.25) is 0 Å². The molecule has 1 fully saturated rings. The Hall–Kier alpha value is -0.0300. The van der Waals surface area contributed by atoms with E-state index in [1.54, 1.807) is 0 Å². The molecule has 1 saturated carbocycles. The van der Waals surface area contributed by atoms with Gasteiger partial charge in [0.25, 0.3) is 0 Å². The van der Waals surface area contributed by atoms with Gasteiger partial charge in [-0.1, -0.05) is 15.9 Å². The van der Waals surface area contributed by atoms with Crippen LogP contribution in [-0.2, 0) is 0 Å². The van der Waals surface area contributed by atoms with E-state index in [4.69, 9.17) is 5.26 Å². The number of hydrogen-bond acceptors (Lipinski definition) is 1. The van der Waals surface area contributed by atoms with E-state index in [0.29, 0.717) is 10.7 Å². The van der Waals surface area contributed by atoms with Gasteiger partial charge in [0.05, 0.1) is 6.07 Å². The Morgan fingerprint density at radius 3 is 2.50 bits per heavy atom. The summed E-state index contributed by atoms with van der Waals surface area (Å²) in [5.74, 6) is 0.333. The van der Waals surface area contributed by atoms with Gasteiger partial charge in [0.15, 0.2) is 0 Å². The van der Waals surface area contributed by atoms with Crippen LogP contribution in [0.4, 0.5) is 0 Å². The monoisotopic (exact) mass is 173 g/mol. The zero-order valence-corrected chi connectivity index (χ0v) is 6.19. The number of rotatable bonds is 0. The molecule has 0 N–H and O–H groups in total. The highest BCUT2D eigenvalue weighted by Crippen LogP contribution is 2.29. The maximum absolute atomic E-state index is 8.41. The third-order valence-corrected chi connectivity index (χ3v) is 2.38. The van der Waals surface area contributed by atoms with E-state index in [9.17, 15) is 0 Å². The average Bonchev–Trinajstić information content (AvgIpc) is 2.14. The van der Waals surface area contributed by atoms with Crippen LogP contribution < -0.4 is 0 Å². The second-order valence-corrected chi connectivity index (χ2v) is 3.53. The van der Waals surface area contributed by atoms with Crippen molar-refractivity contribution >= 4 is 15.9 Å². The zero-order valence-electron chi connectivity index (χ0n) is 4.60. The molecule has 0 aromatic rings. The summed E-state index contributed by atoms with van der Waals surface area (Å²) in [7, 11) is 0. The van der Waals surface area contributed by atoms with Crippen LogP contribution in [0, 0.1) is 17.2 Å². The molecule has 0 amide bonds. The van der Waals surface area contributed by atoms with Crippen LogP contribution in [0.25, 0.3) is 0 Å². The first-order valence-corrected chi connectivity index (χ1v) is 3.78. The van der Waals surface area contributed by atoms with Crippen LogP contribution >= 0.6 is 15.9 Å². The molecule has 1 rings (SSSR count). The molecule has 2 atom stereocenters. The fourth-order valence-electron chi connectivity index (χ4n) is 1.04. The molecule has 2 heteroatoms. The molecule has 8 heavy (non-hydrogen) atoms. The van der Waals surface area contributed by atoms with Gasteiger partial charge in [0, 0.05) is 10.7 Å². The predicted octanol–water partition coefficient (Wildman–Crippen LogP) is 2.07. The van der Waals surface area contributed by atoms with Crippen molar-refractivity contribution in [2.45, 2.75) is 24.1 Å². The summed E-state index contributed by atoms with van der Waals surface area (Å²) in [4.78, 5) is 0.618. The van der Waals surface area contributed by atoms with Crippen molar-refractivity contribution in [2.24, 2.45) is 5.92 Å². The predicted molar refractivity (Wildman–Crippen MR) is 35.7 cm³/mol. The molecular formula is C6H8BrN. The van der Waals surface area contributed by atoms with Crippen LogP contribution in [0.3, 0.4) is 0 Å². The zero-order chi connectivity index (χ0) is 5.98. The summed E-state index contributed by atoms with van der Waals surface area (Å²) in [5.41, 5.74) is 0. The molecule has 0 radical (unpaired) electrons. The summed E-state index contributed by atoms with van der Waals surface area (Å²) in [6.07, 6.45) is 3.32. The standard InChI is InChI=1S/C6H8BrN/c7-6-2-1-5(3-6)4-8/h5-6H,1-3H2/t5-,6+/m0/s1. The highest BCUT2D eigenvalue weighted by molar-refractivity contribution is 9.09. The molecule has 44 valence electrons. The van der Waals surface area contributed by atoms with Crippen LogP contribution in [0.15, 0.2) is 0 Å². The lowest BCUT2D eigenvalue weighted by Crippen LogP contribution is -1.89. The summed E-state index contributed by atoms with van der Waals surface area (Å²) in [5, 5.41) is 8.41. The van der Waals surface area contributed by atoms with Crippen LogP contribution in [0.5, 0.6) is 0 Å². The van der Waals surface area contributed by atoms with Gasteiger partial charge in [-0.15, -0.1) is 0 Å². The van der Waals surface area contributed by atoms with Crippen molar-refractivity contribution in [3.63, 3.8) is 0 Å². The lowest BCUT2D eigenvalue weighted by molar-refractivity contribution is 0.704. The Bertz CT molecular complexity index is 116. The fraction of sp³-hybridized carbons (Fsp3) is 0.833. The third kappa shape index (κ3) is 1.23. The lowest BCUT2D eigenvalue weighted by atomic mass is 10.1. The van der Waals surface area contributed by atoms with Crippen molar-refractivity contribution in [1.82, 2.24) is 0 Å². The summed E-state index contributed by atoms with van der Waals surface area (Å²) >= 11 is 3.47. The highest BCUT2D eigenvalue weighted by atomic mass is 79.9. The topological polar surface area (TPSA) is 23.8 Å². The van der Waals surface area contributed by atoms with Crippen molar-refractivity contribution in [1.29, 1.82) is 5.26 Å². The molecule has 1 aliphatic carbocycles. The average molecular weight is 174 g/mol. The van der Waals surface area contributed by atoms with Gasteiger partial charge in [-0.2, -0.15) is 5.26 Å². The number of halogens is 1. The van der Waals surface area contributed by atoms with Crippen molar-refractivity contribution < 1.29 is 0 Å². The lowest BCUT2D eigenvalue weighted by Gasteiger charge is -1.92. The van der Waals surface area contributed by atoms with E-state index >= 15 is 0 Å². The van der Waals surface area contributed by atoms with E-state index in [0.717, 1.165) is 12.8 Å². The molecule has 0 aromatic carbocycles. The van der Waals surface area contributed by atoms with Gasteiger partial charge in [-0.25, -0.2) is 0 Å². The number of alkyl halides is 1. The first-order valence-electron chi connectivity index (χ1n) is 2.86. The van der Waals surface area contributed by atoms with E-state index in [1.807, 2.05) is 0 Å². The highest BCUT2D eigenvalue weighted by Gasteiger charge is 2.21. The van der Waals surface area contributed by atoms with Crippen LogP contribution in [-0.4, -0.2) is 4.83 Å². The van der Waals surface area contributed by atoms with Gasteiger partial charge in [0.2, 0.25) is 0 Å². The molecule has 0 aliphatic heterocycles. The molecule has 0 unspecified atom stereocenters. The maximum Gasteiger partial charge on any atom is 0.0656 e. The second kappa shape index (κ2) is 2.50. The molecule has 1 aliphatic rings. The van der Waals surface area contributed by atoms with Crippen molar-refractivity contribution in [3.8, 4) is 6.07 Å². The molecular weight excluding hydrogens is 166 g/mol. The Kier molecular flexibility index (Phi) is 1.90. The minimum atomic E-state index is 0.333. The van der Waals surface area contributed by atoms with E-state index in [-0.39, 0.29) is 0 Å². The number of nitriles is 1. The number of nitrogens with zero attached hydrogens (tertiary/aromatic N) is 1. The van der Waals surface area contributed by atoms with Crippen LogP contribution in [0.1, 0.15) is 19.3 Å². The van der Waals surface area contributed by atoms with Crippen molar-refractivity contribution in [2.75, 3.05) is 0 Å². The Labute approximate surface area is 57.8 Å². The molecule has 0 spiro atoms. The summed E-state index contributed by atoms with van der Waals surface area (Å²) < 4.78 is 0. The quantitative estimate of drug-likeness (QED) is 0.515. The van der Waals surface area contributed by atoms with Crippen molar-refractivity contribution in [3.05, 3.63) is 0 Å². The third-order valence-electron chi connectivity index (χ3n) is 1.55. The minimum Gasteiger partial charge on any atom is -0.198 e. The number of hydrogen-bond donors (Lipinski definition) is 0.